The van der Waals surface area contributed by atoms with Gasteiger partial charge in [0.1, 0.15) is 23.0 Å². The number of benzene rings is 5. The number of hydrogen-bond donors (Lipinski definition) is 1. The fourth-order valence-electron chi connectivity index (χ4n) is 6.80. The summed E-state index contributed by atoms with van der Waals surface area (Å²) in [6.45, 7) is 0.628. The fraction of sp³-hybridized carbons (Fsp3) is 0.200. The van der Waals surface area contributed by atoms with Gasteiger partial charge in [0.2, 0.25) is 3.79 Å². The Kier molecular flexibility index (Phi) is 10.1. The van der Waals surface area contributed by atoms with Crippen molar-refractivity contribution in [3.05, 3.63) is 103 Å². The number of hydrogen-bond acceptors (Lipinski definition) is 7. The molecule has 274 valence electrons. The minimum Gasteiger partial charge on any atom is -0.497 e. The third kappa shape index (κ3) is 7.29. The molecule has 0 bridgehead atoms. The second-order valence-electron chi connectivity index (χ2n) is 12.4. The Balaban J connectivity index is 1.57. The molecule has 9 nitrogen and oxygen atoms in total. The largest absolute Gasteiger partial charge is 0.497 e. The zero-order chi connectivity index (χ0) is 37.5. The summed E-state index contributed by atoms with van der Waals surface area (Å²) >= 11 is 17.6. The highest BCUT2D eigenvalue weighted by Crippen LogP contribution is 2.51. The van der Waals surface area contributed by atoms with Gasteiger partial charge >= 0.3 is 10.1 Å². The van der Waals surface area contributed by atoms with E-state index in [4.69, 9.17) is 57.9 Å². The van der Waals surface area contributed by atoms with Gasteiger partial charge in [-0.2, -0.15) is 8.42 Å². The Morgan fingerprint density at radius 3 is 1.85 bits per heavy atom. The van der Waals surface area contributed by atoms with Gasteiger partial charge in [0.25, 0.3) is 0 Å². The van der Waals surface area contributed by atoms with E-state index in [9.17, 15) is 8.42 Å². The molecule has 13 heteroatoms. The molecule has 0 amide bonds. The normalized spacial score (nSPS) is 12.1. The van der Waals surface area contributed by atoms with E-state index in [0.29, 0.717) is 34.5 Å². The van der Waals surface area contributed by atoms with Crippen molar-refractivity contribution in [3.8, 4) is 51.0 Å². The number of fused-ring (bicyclic) bond motifs is 5. The van der Waals surface area contributed by atoms with Gasteiger partial charge in [-0.1, -0.05) is 83.3 Å². The molecule has 0 aliphatic heterocycles. The van der Waals surface area contributed by atoms with Crippen LogP contribution in [0.2, 0.25) is 0 Å². The van der Waals surface area contributed by atoms with E-state index in [1.165, 1.54) is 0 Å². The van der Waals surface area contributed by atoms with E-state index in [2.05, 4.69) is 27.9 Å². The van der Waals surface area contributed by atoms with Crippen molar-refractivity contribution in [2.45, 2.75) is 16.8 Å². The van der Waals surface area contributed by atoms with Crippen LogP contribution < -0.4 is 23.1 Å². The summed E-state index contributed by atoms with van der Waals surface area (Å²) in [7, 11) is 2.23. The Labute approximate surface area is 322 Å². The average Bonchev–Trinajstić information content (AvgIpc) is 3.72. The van der Waals surface area contributed by atoms with Crippen LogP contribution >= 0.6 is 34.8 Å². The third-order valence-corrected chi connectivity index (χ3v) is 11.3. The standard InChI is InChI=1S/C40H35Cl3N2O7S/c1-48-27-14-8-24(9-15-27)20-21-45-22-31(25-10-16-28(49-2)17-11-25)35-34-30-6-5-7-32(52-53(46,47)23-40(41,42)43)36(30)44-37(34)39(51-4)33(38(35)45)26-12-18-29(50-3)19-13-26/h5-19,22,44H,20-21,23H2,1-4H3. The van der Waals surface area contributed by atoms with Crippen molar-refractivity contribution in [1.82, 2.24) is 9.55 Å². The number of H-pyrrole nitrogens is 1. The molecule has 2 heterocycles. The SMILES string of the molecule is COc1ccc(CCn2cc(-c3ccc(OC)cc3)c3c4c([nH]c5c(OS(=O)(=O)CC(Cl)(Cl)Cl)cccc54)c(OC)c(-c4ccc(OC)cc4)c32)cc1. The van der Waals surface area contributed by atoms with Gasteiger partial charge < -0.3 is 32.7 Å². The number of ether oxygens (including phenoxy) is 4. The molecule has 5 aromatic carbocycles. The van der Waals surface area contributed by atoms with Gasteiger partial charge in [0.15, 0.2) is 11.5 Å². The van der Waals surface area contributed by atoms with Crippen LogP contribution in [0.1, 0.15) is 5.56 Å². The topological polar surface area (TPSA) is 101 Å². The maximum absolute atomic E-state index is 13.1. The molecule has 0 spiro atoms. The quantitative estimate of drug-likeness (QED) is 0.0971. The highest BCUT2D eigenvalue weighted by molar-refractivity contribution is 7.87. The molecule has 1 N–H and O–H groups in total. The first-order valence-electron chi connectivity index (χ1n) is 16.5. The van der Waals surface area contributed by atoms with Crippen LogP contribution in [-0.4, -0.2) is 56.0 Å². The number of nitrogens with one attached hydrogen (secondary N) is 1. The van der Waals surface area contributed by atoms with Crippen molar-refractivity contribution in [2.24, 2.45) is 0 Å². The van der Waals surface area contributed by atoms with Crippen LogP contribution in [0.3, 0.4) is 0 Å². The molecular weight excluding hydrogens is 759 g/mol. The summed E-state index contributed by atoms with van der Waals surface area (Å²) in [5.74, 6) is 2.01. The lowest BCUT2D eigenvalue weighted by molar-refractivity contribution is 0.414. The summed E-state index contributed by atoms with van der Waals surface area (Å²) < 4.78 is 54.6. The third-order valence-electron chi connectivity index (χ3n) is 9.16. The molecular formula is C40H35Cl3N2O7S. The predicted octanol–water partition coefficient (Wildman–Crippen LogP) is 9.97. The summed E-state index contributed by atoms with van der Waals surface area (Å²) in [5.41, 5.74) is 6.79. The molecule has 0 atom stereocenters. The molecule has 0 unspecified atom stereocenters. The molecule has 2 aromatic heterocycles. The first-order valence-corrected chi connectivity index (χ1v) is 19.2. The van der Waals surface area contributed by atoms with Gasteiger partial charge in [0.05, 0.1) is 50.6 Å². The molecule has 0 fully saturated rings. The Bertz CT molecular complexity index is 2540. The number of rotatable bonds is 12. The second-order valence-corrected chi connectivity index (χ2v) is 16.5. The zero-order valence-corrected chi connectivity index (χ0v) is 32.3. The van der Waals surface area contributed by atoms with Crippen molar-refractivity contribution in [3.63, 3.8) is 0 Å². The molecule has 0 saturated carbocycles. The first kappa shape index (κ1) is 36.6. The van der Waals surface area contributed by atoms with Gasteiger partial charge in [-0.15, -0.1) is 0 Å². The number of halogens is 3. The number of aromatic nitrogens is 2. The Morgan fingerprint density at radius 1 is 0.698 bits per heavy atom. The van der Waals surface area contributed by atoms with E-state index in [-0.39, 0.29) is 5.75 Å². The summed E-state index contributed by atoms with van der Waals surface area (Å²) in [4.78, 5) is 3.47. The fourth-order valence-corrected chi connectivity index (χ4v) is 8.88. The average molecular weight is 794 g/mol. The van der Waals surface area contributed by atoms with Crippen LogP contribution in [0.25, 0.3) is 55.0 Å². The van der Waals surface area contributed by atoms with Crippen LogP contribution in [0.5, 0.6) is 28.7 Å². The Hall–Kier alpha value is -4.74. The highest BCUT2D eigenvalue weighted by atomic mass is 35.6. The lowest BCUT2D eigenvalue weighted by Gasteiger charge is -2.16. The summed E-state index contributed by atoms with van der Waals surface area (Å²) in [6.07, 6.45) is 2.89. The van der Waals surface area contributed by atoms with Crippen molar-refractivity contribution >= 4 is 77.6 Å². The number of para-hydroxylation sites is 1. The highest BCUT2D eigenvalue weighted by Gasteiger charge is 2.32. The van der Waals surface area contributed by atoms with Crippen molar-refractivity contribution in [2.75, 3.05) is 34.2 Å². The maximum Gasteiger partial charge on any atom is 0.313 e. The number of methoxy groups -OCH3 is 4. The van der Waals surface area contributed by atoms with E-state index >= 15 is 0 Å². The summed E-state index contributed by atoms with van der Waals surface area (Å²) in [5, 5.41) is 2.47. The van der Waals surface area contributed by atoms with Crippen LogP contribution in [0, 0.1) is 0 Å². The minimum absolute atomic E-state index is 0.0547. The number of aromatic amines is 1. The van der Waals surface area contributed by atoms with Crippen LogP contribution in [0.4, 0.5) is 0 Å². The number of aryl methyl sites for hydroxylation is 2. The number of alkyl halides is 3. The number of nitrogens with zero attached hydrogens (tertiary/aromatic N) is 1. The lowest BCUT2D eigenvalue weighted by atomic mass is 9.94. The first-order chi connectivity index (χ1) is 25.4. The van der Waals surface area contributed by atoms with E-state index in [1.54, 1.807) is 40.6 Å². The van der Waals surface area contributed by atoms with Crippen LogP contribution in [-0.2, 0) is 23.1 Å². The zero-order valence-electron chi connectivity index (χ0n) is 29.2. The summed E-state index contributed by atoms with van der Waals surface area (Å²) in [6, 6.07) is 29.0. The molecule has 7 aromatic rings. The molecule has 0 radical (unpaired) electrons. The monoisotopic (exact) mass is 792 g/mol. The van der Waals surface area contributed by atoms with E-state index in [1.807, 2.05) is 66.7 Å². The van der Waals surface area contributed by atoms with Crippen molar-refractivity contribution in [1.29, 1.82) is 0 Å². The molecule has 53 heavy (non-hydrogen) atoms. The molecule has 0 aliphatic rings. The Morgan fingerprint density at radius 2 is 1.28 bits per heavy atom. The molecule has 0 aliphatic carbocycles. The second kappa shape index (κ2) is 14.6. The van der Waals surface area contributed by atoms with Gasteiger partial charge in [-0.3, -0.25) is 0 Å². The molecule has 7 rings (SSSR count). The maximum atomic E-state index is 13.1. The van der Waals surface area contributed by atoms with E-state index in [0.717, 1.165) is 62.0 Å². The smallest absolute Gasteiger partial charge is 0.313 e. The van der Waals surface area contributed by atoms with Gasteiger partial charge in [-0.25, -0.2) is 0 Å². The lowest BCUT2D eigenvalue weighted by Crippen LogP contribution is -2.24. The van der Waals surface area contributed by atoms with Crippen LogP contribution in [0.15, 0.2) is 97.2 Å². The molecule has 0 saturated heterocycles. The minimum atomic E-state index is -4.31. The van der Waals surface area contributed by atoms with E-state index < -0.39 is 19.7 Å². The van der Waals surface area contributed by atoms with Gasteiger partial charge in [0, 0.05) is 34.5 Å². The predicted molar refractivity (Wildman–Crippen MR) is 213 cm³/mol. The van der Waals surface area contributed by atoms with Crippen molar-refractivity contribution < 1.29 is 31.5 Å². The van der Waals surface area contributed by atoms with Gasteiger partial charge in [-0.05, 0) is 65.6 Å².